The second-order valence-electron chi connectivity index (χ2n) is 6.26. The zero-order valence-electron chi connectivity index (χ0n) is 15.6. The summed E-state index contributed by atoms with van der Waals surface area (Å²) in [6.07, 6.45) is 0. The highest BCUT2D eigenvalue weighted by Gasteiger charge is 2.15. The lowest BCUT2D eigenvalue weighted by Crippen LogP contribution is -2.33. The van der Waals surface area contributed by atoms with Crippen LogP contribution < -0.4 is 21.1 Å². The number of para-hydroxylation sites is 1. The molecule has 0 aliphatic heterocycles. The molecule has 2 rings (SSSR count). The third kappa shape index (κ3) is 5.57. The van der Waals surface area contributed by atoms with E-state index in [4.69, 9.17) is 10.5 Å². The summed E-state index contributed by atoms with van der Waals surface area (Å²) in [6.45, 7) is 5.29. The Kier molecular flexibility index (Phi) is 6.54. The van der Waals surface area contributed by atoms with E-state index in [0.717, 1.165) is 22.4 Å². The fourth-order valence-corrected chi connectivity index (χ4v) is 2.75. The molecule has 0 aromatic heterocycles. The average molecular weight is 369 g/mol. The van der Waals surface area contributed by atoms with E-state index in [0.29, 0.717) is 0 Å². The van der Waals surface area contributed by atoms with Gasteiger partial charge in [-0.3, -0.25) is 14.4 Å². The Labute approximate surface area is 157 Å². The van der Waals surface area contributed by atoms with Crippen molar-refractivity contribution in [3.8, 4) is 5.75 Å². The van der Waals surface area contributed by atoms with Gasteiger partial charge in [0, 0.05) is 5.69 Å². The van der Waals surface area contributed by atoms with Crippen molar-refractivity contribution in [3.05, 3.63) is 58.7 Å². The second kappa shape index (κ2) is 8.84. The maximum absolute atomic E-state index is 12.4. The normalized spacial score (nSPS) is 10.2. The first kappa shape index (κ1) is 20.0. The zero-order chi connectivity index (χ0) is 20.0. The van der Waals surface area contributed by atoms with Crippen molar-refractivity contribution in [2.75, 3.05) is 18.5 Å². The van der Waals surface area contributed by atoms with Crippen LogP contribution in [0.5, 0.6) is 5.75 Å². The van der Waals surface area contributed by atoms with Crippen LogP contribution in [0.3, 0.4) is 0 Å². The van der Waals surface area contributed by atoms with E-state index in [1.54, 1.807) is 18.2 Å². The van der Waals surface area contributed by atoms with E-state index >= 15 is 0 Å². The number of nitrogens with one attached hydrogen (secondary N) is 2. The van der Waals surface area contributed by atoms with Gasteiger partial charge >= 0.3 is 0 Å². The molecule has 2 aromatic carbocycles. The molecule has 27 heavy (non-hydrogen) atoms. The summed E-state index contributed by atoms with van der Waals surface area (Å²) < 4.78 is 5.23. The predicted octanol–water partition coefficient (Wildman–Crippen LogP) is 1.84. The summed E-state index contributed by atoms with van der Waals surface area (Å²) in [4.78, 5) is 35.4. The Hall–Kier alpha value is -3.35. The molecule has 0 spiro atoms. The van der Waals surface area contributed by atoms with Crippen molar-refractivity contribution in [2.24, 2.45) is 5.73 Å². The third-order valence-corrected chi connectivity index (χ3v) is 3.85. The summed E-state index contributed by atoms with van der Waals surface area (Å²) in [5, 5.41) is 5.37. The number of hydrogen-bond acceptors (Lipinski definition) is 4. The summed E-state index contributed by atoms with van der Waals surface area (Å²) in [5.74, 6) is -1.25. The molecule has 0 bridgehead atoms. The van der Waals surface area contributed by atoms with Crippen molar-refractivity contribution in [3.63, 3.8) is 0 Å². The Bertz CT molecular complexity index is 854. The molecule has 0 saturated heterocycles. The minimum absolute atomic E-state index is 0.199. The summed E-state index contributed by atoms with van der Waals surface area (Å²) in [6, 6.07) is 10.4. The predicted molar refractivity (Wildman–Crippen MR) is 103 cm³/mol. The molecular formula is C20H23N3O4. The number of carbonyl (C=O) groups excluding carboxylic acids is 3. The average Bonchev–Trinajstić information content (AvgIpc) is 2.61. The van der Waals surface area contributed by atoms with Gasteiger partial charge in [-0.05, 0) is 44.0 Å². The van der Waals surface area contributed by atoms with Gasteiger partial charge in [0.2, 0.25) is 5.91 Å². The first-order valence-electron chi connectivity index (χ1n) is 8.44. The van der Waals surface area contributed by atoms with Gasteiger partial charge in [0.1, 0.15) is 5.75 Å². The molecule has 0 fully saturated rings. The van der Waals surface area contributed by atoms with E-state index in [9.17, 15) is 14.4 Å². The van der Waals surface area contributed by atoms with Crippen molar-refractivity contribution >= 4 is 23.4 Å². The van der Waals surface area contributed by atoms with Crippen LogP contribution >= 0.6 is 0 Å². The highest BCUT2D eigenvalue weighted by Crippen LogP contribution is 2.22. The van der Waals surface area contributed by atoms with Crippen LogP contribution in [0.15, 0.2) is 36.4 Å². The summed E-state index contributed by atoms with van der Waals surface area (Å²) in [5.41, 5.74) is 9.04. The van der Waals surface area contributed by atoms with E-state index < -0.39 is 11.8 Å². The Balaban J connectivity index is 2.00. The number of anilines is 1. The van der Waals surface area contributed by atoms with Gasteiger partial charge in [-0.15, -0.1) is 0 Å². The molecule has 3 amide bonds. The second-order valence-corrected chi connectivity index (χ2v) is 6.26. The van der Waals surface area contributed by atoms with Crippen molar-refractivity contribution in [2.45, 2.75) is 20.8 Å². The van der Waals surface area contributed by atoms with Crippen LogP contribution in [0.25, 0.3) is 0 Å². The van der Waals surface area contributed by atoms with E-state index in [1.807, 2.05) is 32.9 Å². The van der Waals surface area contributed by atoms with Crippen LogP contribution in [0.4, 0.5) is 5.69 Å². The Morgan fingerprint density at radius 3 is 2.30 bits per heavy atom. The Morgan fingerprint density at radius 1 is 1.04 bits per heavy atom. The molecule has 0 aliphatic rings. The molecule has 0 aliphatic carbocycles. The molecule has 2 aromatic rings. The number of benzene rings is 2. The third-order valence-electron chi connectivity index (χ3n) is 3.85. The zero-order valence-corrected chi connectivity index (χ0v) is 15.6. The first-order chi connectivity index (χ1) is 12.8. The number of hydrogen-bond donors (Lipinski definition) is 3. The van der Waals surface area contributed by atoms with Crippen LogP contribution in [0, 0.1) is 20.8 Å². The van der Waals surface area contributed by atoms with Crippen LogP contribution in [0.2, 0.25) is 0 Å². The van der Waals surface area contributed by atoms with E-state index in [1.165, 1.54) is 6.07 Å². The number of amides is 3. The molecule has 0 radical (unpaired) electrons. The topological polar surface area (TPSA) is 111 Å². The maximum atomic E-state index is 12.4. The lowest BCUT2D eigenvalue weighted by molar-refractivity contribution is -0.120. The highest BCUT2D eigenvalue weighted by atomic mass is 16.5. The molecule has 7 heteroatoms. The smallest absolute Gasteiger partial charge is 0.255 e. The van der Waals surface area contributed by atoms with Gasteiger partial charge < -0.3 is 21.1 Å². The van der Waals surface area contributed by atoms with Gasteiger partial charge in [-0.1, -0.05) is 29.8 Å². The molecule has 0 heterocycles. The fraction of sp³-hybridized carbons (Fsp3) is 0.250. The molecule has 0 saturated carbocycles. The lowest BCUT2D eigenvalue weighted by Gasteiger charge is -2.14. The lowest BCUT2D eigenvalue weighted by atomic mass is 10.1. The van der Waals surface area contributed by atoms with Crippen molar-refractivity contribution in [1.29, 1.82) is 0 Å². The number of primary amides is 1. The largest absolute Gasteiger partial charge is 0.483 e. The summed E-state index contributed by atoms with van der Waals surface area (Å²) >= 11 is 0. The number of rotatable bonds is 7. The minimum Gasteiger partial charge on any atom is -0.483 e. The highest BCUT2D eigenvalue weighted by molar-refractivity contribution is 6.01. The number of nitrogens with two attached hydrogens (primary N) is 1. The number of carbonyl (C=O) groups is 3. The minimum atomic E-state index is -0.645. The fourth-order valence-electron chi connectivity index (χ4n) is 2.75. The number of ether oxygens (including phenoxy) is 1. The van der Waals surface area contributed by atoms with Crippen molar-refractivity contribution < 1.29 is 19.1 Å². The van der Waals surface area contributed by atoms with E-state index in [-0.39, 0.29) is 30.4 Å². The molecule has 4 N–H and O–H groups in total. The van der Waals surface area contributed by atoms with Gasteiger partial charge in [0.25, 0.3) is 11.8 Å². The van der Waals surface area contributed by atoms with Crippen LogP contribution in [-0.2, 0) is 9.59 Å². The SMILES string of the molecule is Cc1cc(C)c(NC(=O)CNC(=O)c2ccccc2OCC(N)=O)c(C)c1. The van der Waals surface area contributed by atoms with Crippen LogP contribution in [-0.4, -0.2) is 30.9 Å². The van der Waals surface area contributed by atoms with Crippen LogP contribution in [0.1, 0.15) is 27.0 Å². The molecular weight excluding hydrogens is 346 g/mol. The standard InChI is InChI=1S/C20H23N3O4/c1-12-8-13(2)19(14(3)9-12)23-18(25)10-22-20(26)15-6-4-5-7-16(15)27-11-17(21)24/h4-9H,10-11H2,1-3H3,(H2,21,24)(H,22,26)(H,23,25). The summed E-state index contributed by atoms with van der Waals surface area (Å²) in [7, 11) is 0. The van der Waals surface area contributed by atoms with Gasteiger partial charge in [-0.25, -0.2) is 0 Å². The van der Waals surface area contributed by atoms with Gasteiger partial charge in [0.15, 0.2) is 6.61 Å². The quantitative estimate of drug-likeness (QED) is 0.691. The van der Waals surface area contributed by atoms with E-state index in [2.05, 4.69) is 10.6 Å². The molecule has 0 unspecified atom stereocenters. The molecule has 142 valence electrons. The monoisotopic (exact) mass is 369 g/mol. The van der Waals surface area contributed by atoms with Gasteiger partial charge in [0.05, 0.1) is 12.1 Å². The number of aryl methyl sites for hydroxylation is 3. The molecule has 0 atom stereocenters. The molecule has 7 nitrogen and oxygen atoms in total. The maximum Gasteiger partial charge on any atom is 0.255 e. The Morgan fingerprint density at radius 2 is 1.67 bits per heavy atom. The van der Waals surface area contributed by atoms with Crippen molar-refractivity contribution in [1.82, 2.24) is 5.32 Å². The van der Waals surface area contributed by atoms with Gasteiger partial charge in [-0.2, -0.15) is 0 Å². The first-order valence-corrected chi connectivity index (χ1v) is 8.44.